The zero-order valence-corrected chi connectivity index (χ0v) is 18.6. The minimum absolute atomic E-state index is 0.133. The topological polar surface area (TPSA) is 92.8 Å². The van der Waals surface area contributed by atoms with Gasteiger partial charge in [0.25, 0.3) is 5.91 Å². The van der Waals surface area contributed by atoms with Gasteiger partial charge in [-0.15, -0.1) is 17.9 Å². The van der Waals surface area contributed by atoms with Gasteiger partial charge in [-0.1, -0.05) is 6.08 Å². The van der Waals surface area contributed by atoms with Crippen molar-refractivity contribution < 1.29 is 22.7 Å². The van der Waals surface area contributed by atoms with E-state index < -0.39 is 16.0 Å². The van der Waals surface area contributed by atoms with Crippen LogP contribution in [-0.4, -0.2) is 39.7 Å². The Kier molecular flexibility index (Phi) is 6.62. The number of aryl methyl sites for hydroxylation is 1. The summed E-state index contributed by atoms with van der Waals surface area (Å²) in [4.78, 5) is 26.3. The SMILES string of the molecule is C=CCN(c1ccc(C(=O)Nc2sc3c(c2C(=O)OCC)CCC3)cc1)S(C)(=O)=O. The number of hydrogen-bond donors (Lipinski definition) is 1. The van der Waals surface area contributed by atoms with E-state index in [9.17, 15) is 18.0 Å². The van der Waals surface area contributed by atoms with Crippen LogP contribution in [0.5, 0.6) is 0 Å². The van der Waals surface area contributed by atoms with Gasteiger partial charge in [0.2, 0.25) is 10.0 Å². The van der Waals surface area contributed by atoms with E-state index in [0.29, 0.717) is 21.8 Å². The first-order valence-corrected chi connectivity index (χ1v) is 12.2. The monoisotopic (exact) mass is 448 g/mol. The van der Waals surface area contributed by atoms with Crippen molar-refractivity contribution in [1.82, 2.24) is 0 Å². The Morgan fingerprint density at radius 1 is 1.27 bits per heavy atom. The van der Waals surface area contributed by atoms with Gasteiger partial charge in [-0.3, -0.25) is 9.10 Å². The molecule has 1 aliphatic carbocycles. The van der Waals surface area contributed by atoms with Crippen molar-refractivity contribution in [3.8, 4) is 0 Å². The molecule has 0 saturated carbocycles. The molecule has 1 N–H and O–H groups in total. The van der Waals surface area contributed by atoms with Gasteiger partial charge in [-0.2, -0.15) is 0 Å². The lowest BCUT2D eigenvalue weighted by Gasteiger charge is -2.20. The second kappa shape index (κ2) is 9.01. The smallest absolute Gasteiger partial charge is 0.341 e. The van der Waals surface area contributed by atoms with Crippen LogP contribution in [-0.2, 0) is 27.6 Å². The van der Waals surface area contributed by atoms with Crippen molar-refractivity contribution in [2.75, 3.05) is 29.0 Å². The fraction of sp³-hybridized carbons (Fsp3) is 0.333. The molecule has 3 rings (SSSR count). The van der Waals surface area contributed by atoms with Gasteiger partial charge in [-0.25, -0.2) is 13.2 Å². The number of benzene rings is 1. The molecule has 1 amide bonds. The Morgan fingerprint density at radius 3 is 2.57 bits per heavy atom. The van der Waals surface area contributed by atoms with Gasteiger partial charge in [0, 0.05) is 10.4 Å². The second-order valence-electron chi connectivity index (χ2n) is 6.87. The molecule has 1 aromatic carbocycles. The lowest BCUT2D eigenvalue weighted by molar-refractivity contribution is 0.0527. The number of esters is 1. The number of sulfonamides is 1. The Bertz CT molecular complexity index is 1070. The van der Waals surface area contributed by atoms with Gasteiger partial charge in [0.1, 0.15) is 5.00 Å². The van der Waals surface area contributed by atoms with Crippen molar-refractivity contribution in [3.05, 3.63) is 58.5 Å². The lowest BCUT2D eigenvalue weighted by atomic mass is 10.1. The highest BCUT2D eigenvalue weighted by molar-refractivity contribution is 7.92. The van der Waals surface area contributed by atoms with Gasteiger partial charge in [0.15, 0.2) is 0 Å². The van der Waals surface area contributed by atoms with Gasteiger partial charge < -0.3 is 10.1 Å². The first-order chi connectivity index (χ1) is 14.3. The molecule has 30 heavy (non-hydrogen) atoms. The molecule has 7 nitrogen and oxygen atoms in total. The molecule has 0 bridgehead atoms. The van der Waals surface area contributed by atoms with Crippen LogP contribution in [0, 0.1) is 0 Å². The maximum atomic E-state index is 12.8. The van der Waals surface area contributed by atoms with E-state index in [4.69, 9.17) is 4.74 Å². The van der Waals surface area contributed by atoms with Crippen LogP contribution in [0.15, 0.2) is 36.9 Å². The highest BCUT2D eigenvalue weighted by Crippen LogP contribution is 2.39. The third-order valence-electron chi connectivity index (χ3n) is 4.74. The van der Waals surface area contributed by atoms with Crippen molar-refractivity contribution in [1.29, 1.82) is 0 Å². The van der Waals surface area contributed by atoms with Gasteiger partial charge >= 0.3 is 5.97 Å². The Morgan fingerprint density at radius 2 is 1.97 bits per heavy atom. The predicted octanol–water partition coefficient (Wildman–Crippen LogP) is 3.62. The van der Waals surface area contributed by atoms with Crippen molar-refractivity contribution in [3.63, 3.8) is 0 Å². The number of amides is 1. The van der Waals surface area contributed by atoms with E-state index >= 15 is 0 Å². The molecule has 0 atom stereocenters. The minimum atomic E-state index is -3.47. The maximum absolute atomic E-state index is 12.8. The highest BCUT2D eigenvalue weighted by atomic mass is 32.2. The summed E-state index contributed by atoms with van der Waals surface area (Å²) in [7, 11) is -3.47. The molecule has 0 fully saturated rings. The number of fused-ring (bicyclic) bond motifs is 1. The second-order valence-corrected chi connectivity index (χ2v) is 9.88. The molecular formula is C21H24N2O5S2. The van der Waals surface area contributed by atoms with Crippen LogP contribution in [0.4, 0.5) is 10.7 Å². The molecule has 0 aliphatic heterocycles. The lowest BCUT2D eigenvalue weighted by Crippen LogP contribution is -2.29. The molecule has 2 aromatic rings. The van der Waals surface area contributed by atoms with Crippen LogP contribution in [0.1, 0.15) is 44.5 Å². The average molecular weight is 449 g/mol. The average Bonchev–Trinajstić information content (AvgIpc) is 3.26. The first kappa shape index (κ1) is 22.0. The molecule has 1 aromatic heterocycles. The number of thiophene rings is 1. The summed E-state index contributed by atoms with van der Waals surface area (Å²) in [6.07, 6.45) is 5.29. The van der Waals surface area contributed by atoms with Crippen molar-refractivity contribution in [2.24, 2.45) is 0 Å². The third kappa shape index (κ3) is 4.57. The van der Waals surface area contributed by atoms with Crippen LogP contribution in [0.25, 0.3) is 0 Å². The van der Waals surface area contributed by atoms with E-state index in [2.05, 4.69) is 11.9 Å². The van der Waals surface area contributed by atoms with Crippen LogP contribution in [0.2, 0.25) is 0 Å². The fourth-order valence-electron chi connectivity index (χ4n) is 3.42. The zero-order chi connectivity index (χ0) is 21.9. The highest BCUT2D eigenvalue weighted by Gasteiger charge is 2.28. The minimum Gasteiger partial charge on any atom is -0.462 e. The number of nitrogens with zero attached hydrogens (tertiary/aromatic N) is 1. The summed E-state index contributed by atoms with van der Waals surface area (Å²) in [5, 5.41) is 3.33. The summed E-state index contributed by atoms with van der Waals surface area (Å²) >= 11 is 1.41. The number of rotatable bonds is 8. The van der Waals surface area contributed by atoms with Gasteiger partial charge in [0.05, 0.1) is 30.7 Å². The van der Waals surface area contributed by atoms with Crippen LogP contribution < -0.4 is 9.62 Å². The van der Waals surface area contributed by atoms with Crippen LogP contribution in [0.3, 0.4) is 0 Å². The normalized spacial score (nSPS) is 12.9. The summed E-state index contributed by atoms with van der Waals surface area (Å²) in [6.45, 7) is 5.72. The number of carbonyl (C=O) groups excluding carboxylic acids is 2. The molecule has 1 aliphatic rings. The summed E-state index contributed by atoms with van der Waals surface area (Å²) in [5.41, 5.74) is 2.22. The molecule has 1 heterocycles. The first-order valence-electron chi connectivity index (χ1n) is 9.58. The van der Waals surface area contributed by atoms with Crippen molar-refractivity contribution in [2.45, 2.75) is 26.2 Å². The number of hydrogen-bond acceptors (Lipinski definition) is 6. The van der Waals surface area contributed by atoms with E-state index in [1.54, 1.807) is 31.2 Å². The third-order valence-corrected chi connectivity index (χ3v) is 7.11. The molecule has 0 radical (unpaired) electrons. The molecule has 0 spiro atoms. The predicted molar refractivity (Wildman–Crippen MR) is 119 cm³/mol. The zero-order valence-electron chi connectivity index (χ0n) is 16.9. The molecule has 160 valence electrons. The van der Waals surface area contributed by atoms with E-state index in [1.807, 2.05) is 0 Å². The summed E-state index contributed by atoms with van der Waals surface area (Å²) in [6, 6.07) is 6.24. The molecule has 0 unspecified atom stereocenters. The summed E-state index contributed by atoms with van der Waals surface area (Å²) < 4.78 is 30.3. The number of anilines is 2. The summed E-state index contributed by atoms with van der Waals surface area (Å²) in [5.74, 6) is -0.794. The molecular weight excluding hydrogens is 424 g/mol. The Labute approximate surface area is 180 Å². The number of carbonyl (C=O) groups is 2. The Balaban J connectivity index is 1.83. The number of nitrogens with one attached hydrogen (secondary N) is 1. The standard InChI is InChI=1S/C21H24N2O5S2/c1-4-13-23(30(3,26)27)15-11-9-14(10-12-15)19(24)22-20-18(21(25)28-5-2)16-7-6-8-17(16)29-20/h4,9-12H,1,5-8,13H2,2-3H3,(H,22,24). The van der Waals surface area contributed by atoms with E-state index in [1.165, 1.54) is 21.7 Å². The quantitative estimate of drug-likeness (QED) is 0.492. The number of ether oxygens (including phenoxy) is 1. The molecule has 0 saturated heterocycles. The largest absolute Gasteiger partial charge is 0.462 e. The fourth-order valence-corrected chi connectivity index (χ4v) is 5.57. The van der Waals surface area contributed by atoms with Crippen molar-refractivity contribution >= 4 is 43.9 Å². The molecule has 9 heteroatoms. The maximum Gasteiger partial charge on any atom is 0.341 e. The van der Waals surface area contributed by atoms with Gasteiger partial charge in [-0.05, 0) is 56.0 Å². The van der Waals surface area contributed by atoms with Crippen LogP contribution >= 0.6 is 11.3 Å². The van der Waals surface area contributed by atoms with E-state index in [0.717, 1.165) is 36.0 Å². The van der Waals surface area contributed by atoms with E-state index in [-0.39, 0.29) is 19.1 Å². The Hall–Kier alpha value is -2.65.